The van der Waals surface area contributed by atoms with Crippen LogP contribution in [0, 0.1) is 0 Å². The van der Waals surface area contributed by atoms with Crippen molar-refractivity contribution < 1.29 is 22.4 Å². The summed E-state index contributed by atoms with van der Waals surface area (Å²) in [5.41, 5.74) is 0.620. The molecule has 0 aliphatic heterocycles. The molecular formula is C19H20ClN3O5S. The third-order valence-corrected chi connectivity index (χ3v) is 6.49. The first kappa shape index (κ1) is 21.1. The SMILES string of the molecule is COc1ccc(OC)c(S(=O)(=O)N(C)CCc2noc(-c3ccccc3Cl)n2)c1. The molecule has 0 saturated heterocycles. The number of rotatable bonds is 8. The van der Waals surface area contributed by atoms with Crippen LogP contribution in [0.4, 0.5) is 0 Å². The van der Waals surface area contributed by atoms with Crippen molar-refractivity contribution in [2.24, 2.45) is 0 Å². The molecule has 2 aromatic carbocycles. The van der Waals surface area contributed by atoms with Crippen molar-refractivity contribution in [3.63, 3.8) is 0 Å². The molecule has 0 bridgehead atoms. The fourth-order valence-corrected chi connectivity index (χ4v) is 4.19. The summed E-state index contributed by atoms with van der Waals surface area (Å²) in [5, 5.41) is 4.40. The van der Waals surface area contributed by atoms with E-state index in [2.05, 4.69) is 10.1 Å². The van der Waals surface area contributed by atoms with E-state index in [0.717, 1.165) is 0 Å². The number of benzene rings is 2. The van der Waals surface area contributed by atoms with Gasteiger partial charge in [0.1, 0.15) is 16.4 Å². The van der Waals surface area contributed by atoms with Crippen molar-refractivity contribution in [1.82, 2.24) is 14.4 Å². The molecule has 154 valence electrons. The smallest absolute Gasteiger partial charge is 0.259 e. The summed E-state index contributed by atoms with van der Waals surface area (Å²) in [6.07, 6.45) is 0.260. The quantitative estimate of drug-likeness (QED) is 0.533. The highest BCUT2D eigenvalue weighted by atomic mass is 35.5. The number of hydrogen-bond donors (Lipinski definition) is 0. The Hall–Kier alpha value is -2.62. The molecule has 0 N–H and O–H groups in total. The van der Waals surface area contributed by atoms with Crippen molar-refractivity contribution in [2.75, 3.05) is 27.8 Å². The average molecular weight is 438 g/mol. The summed E-state index contributed by atoms with van der Waals surface area (Å²) >= 11 is 6.14. The molecule has 3 aromatic rings. The normalized spacial score (nSPS) is 11.6. The molecule has 29 heavy (non-hydrogen) atoms. The summed E-state index contributed by atoms with van der Waals surface area (Å²) in [7, 11) is 0.540. The van der Waals surface area contributed by atoms with Crippen molar-refractivity contribution in [2.45, 2.75) is 11.3 Å². The van der Waals surface area contributed by atoms with Crippen LogP contribution in [-0.2, 0) is 16.4 Å². The Morgan fingerprint density at radius 3 is 2.59 bits per heavy atom. The van der Waals surface area contributed by atoms with E-state index in [1.807, 2.05) is 6.07 Å². The van der Waals surface area contributed by atoms with Crippen LogP contribution >= 0.6 is 11.6 Å². The summed E-state index contributed by atoms with van der Waals surface area (Å²) < 4.78 is 42.7. The second-order valence-corrected chi connectivity index (χ2v) is 8.51. The van der Waals surface area contributed by atoms with Crippen LogP contribution in [-0.4, -0.2) is 50.7 Å². The Bertz CT molecular complexity index is 1100. The van der Waals surface area contributed by atoms with E-state index < -0.39 is 10.0 Å². The maximum atomic E-state index is 13.0. The number of halogens is 1. The van der Waals surface area contributed by atoms with Crippen LogP contribution in [0.15, 0.2) is 51.9 Å². The van der Waals surface area contributed by atoms with E-state index in [-0.39, 0.29) is 29.5 Å². The van der Waals surface area contributed by atoms with Crippen LogP contribution in [0.25, 0.3) is 11.5 Å². The van der Waals surface area contributed by atoms with E-state index in [1.165, 1.54) is 31.6 Å². The minimum absolute atomic E-state index is 0.0201. The van der Waals surface area contributed by atoms with Gasteiger partial charge in [0.25, 0.3) is 5.89 Å². The van der Waals surface area contributed by atoms with E-state index in [0.29, 0.717) is 22.2 Å². The number of sulfonamides is 1. The number of methoxy groups -OCH3 is 2. The minimum atomic E-state index is -3.82. The summed E-state index contributed by atoms with van der Waals surface area (Å²) in [4.78, 5) is 4.32. The predicted molar refractivity (Wildman–Crippen MR) is 108 cm³/mol. The molecule has 8 nitrogen and oxygen atoms in total. The lowest BCUT2D eigenvalue weighted by molar-refractivity contribution is 0.387. The Kier molecular flexibility index (Phi) is 6.41. The number of hydrogen-bond acceptors (Lipinski definition) is 7. The zero-order valence-corrected chi connectivity index (χ0v) is 17.7. The first-order chi connectivity index (χ1) is 13.9. The lowest BCUT2D eigenvalue weighted by Gasteiger charge is -2.18. The van der Waals surface area contributed by atoms with Gasteiger partial charge in [0.2, 0.25) is 10.0 Å². The number of aromatic nitrogens is 2. The Morgan fingerprint density at radius 2 is 1.90 bits per heavy atom. The van der Waals surface area contributed by atoms with Gasteiger partial charge in [0, 0.05) is 26.1 Å². The molecule has 0 spiro atoms. The molecule has 1 aromatic heterocycles. The molecule has 3 rings (SSSR count). The van der Waals surface area contributed by atoms with Gasteiger partial charge in [-0.15, -0.1) is 0 Å². The maximum absolute atomic E-state index is 13.0. The molecule has 0 amide bonds. The zero-order valence-electron chi connectivity index (χ0n) is 16.1. The largest absolute Gasteiger partial charge is 0.497 e. The maximum Gasteiger partial charge on any atom is 0.259 e. The third-order valence-electron chi connectivity index (χ3n) is 4.28. The second kappa shape index (κ2) is 8.81. The average Bonchev–Trinajstić information content (AvgIpc) is 3.20. The van der Waals surface area contributed by atoms with Gasteiger partial charge in [-0.1, -0.05) is 28.9 Å². The first-order valence-electron chi connectivity index (χ1n) is 8.62. The Balaban J connectivity index is 1.76. The monoisotopic (exact) mass is 437 g/mol. The van der Waals surface area contributed by atoms with Gasteiger partial charge in [0.15, 0.2) is 5.82 Å². The molecule has 0 fully saturated rings. The molecule has 0 aliphatic carbocycles. The molecule has 1 heterocycles. The van der Waals surface area contributed by atoms with Crippen molar-refractivity contribution in [3.05, 3.63) is 53.3 Å². The van der Waals surface area contributed by atoms with E-state index >= 15 is 0 Å². The van der Waals surface area contributed by atoms with Crippen molar-refractivity contribution in [1.29, 1.82) is 0 Å². The Labute approximate surface area is 174 Å². The van der Waals surface area contributed by atoms with Gasteiger partial charge < -0.3 is 14.0 Å². The molecule has 0 saturated carbocycles. The molecular weight excluding hydrogens is 418 g/mol. The molecule has 0 unspecified atom stereocenters. The standard InChI is InChI=1S/C19H20ClN3O5S/c1-23(29(24,25)17-12-13(26-2)8-9-16(17)27-3)11-10-18-21-19(28-22-18)14-6-4-5-7-15(14)20/h4-9,12H,10-11H2,1-3H3. The lowest BCUT2D eigenvalue weighted by atomic mass is 10.2. The zero-order chi connectivity index (χ0) is 21.0. The van der Waals surface area contributed by atoms with Gasteiger partial charge in [0.05, 0.1) is 24.8 Å². The summed E-state index contributed by atoms with van der Waals surface area (Å²) in [5.74, 6) is 1.31. The molecule has 0 radical (unpaired) electrons. The lowest BCUT2D eigenvalue weighted by Crippen LogP contribution is -2.29. The predicted octanol–water partition coefficient (Wildman–Crippen LogP) is 3.27. The van der Waals surface area contributed by atoms with Gasteiger partial charge in [-0.25, -0.2) is 12.7 Å². The van der Waals surface area contributed by atoms with Crippen molar-refractivity contribution in [3.8, 4) is 23.0 Å². The first-order valence-corrected chi connectivity index (χ1v) is 10.4. The van der Waals surface area contributed by atoms with Crippen LogP contribution in [0.5, 0.6) is 11.5 Å². The molecule has 0 atom stereocenters. The summed E-state index contributed by atoms with van der Waals surface area (Å²) in [6.45, 7) is 0.143. The third kappa shape index (κ3) is 4.52. The number of likely N-dealkylation sites (N-methyl/N-ethyl adjacent to an activating group) is 1. The van der Waals surface area contributed by atoms with Gasteiger partial charge >= 0.3 is 0 Å². The highest BCUT2D eigenvalue weighted by molar-refractivity contribution is 7.89. The van der Waals surface area contributed by atoms with Crippen LogP contribution < -0.4 is 9.47 Å². The van der Waals surface area contributed by atoms with Crippen LogP contribution in [0.1, 0.15) is 5.82 Å². The summed E-state index contributed by atoms with van der Waals surface area (Å²) in [6, 6.07) is 11.7. The second-order valence-electron chi connectivity index (χ2n) is 6.09. The van der Waals surface area contributed by atoms with Gasteiger partial charge in [-0.2, -0.15) is 4.98 Å². The fraction of sp³-hybridized carbons (Fsp3) is 0.263. The minimum Gasteiger partial charge on any atom is -0.497 e. The fourth-order valence-electron chi connectivity index (χ4n) is 2.63. The van der Waals surface area contributed by atoms with Crippen LogP contribution in [0.2, 0.25) is 5.02 Å². The number of nitrogens with zero attached hydrogens (tertiary/aromatic N) is 3. The Morgan fingerprint density at radius 1 is 1.14 bits per heavy atom. The highest BCUT2D eigenvalue weighted by Gasteiger charge is 2.26. The topological polar surface area (TPSA) is 94.8 Å². The number of ether oxygens (including phenoxy) is 2. The van der Waals surface area contributed by atoms with Crippen molar-refractivity contribution >= 4 is 21.6 Å². The molecule has 10 heteroatoms. The van der Waals surface area contributed by atoms with Gasteiger partial charge in [-0.3, -0.25) is 0 Å². The van der Waals surface area contributed by atoms with E-state index in [4.69, 9.17) is 25.6 Å². The van der Waals surface area contributed by atoms with E-state index in [9.17, 15) is 8.42 Å². The van der Waals surface area contributed by atoms with Crippen LogP contribution in [0.3, 0.4) is 0 Å². The highest BCUT2D eigenvalue weighted by Crippen LogP contribution is 2.30. The molecule has 0 aliphatic rings. The van der Waals surface area contributed by atoms with Gasteiger partial charge in [-0.05, 0) is 24.3 Å². The van der Waals surface area contributed by atoms with E-state index in [1.54, 1.807) is 30.3 Å².